The first-order valence-corrected chi connectivity index (χ1v) is 8.42. The number of ketones is 1. The molecule has 2 fully saturated rings. The number of amides is 1. The first kappa shape index (κ1) is 16.0. The van der Waals surface area contributed by atoms with Crippen molar-refractivity contribution in [3.8, 4) is 0 Å². The van der Waals surface area contributed by atoms with Gasteiger partial charge in [0, 0.05) is 6.04 Å². The fraction of sp³-hybridized carbons (Fsp3) is 0.500. The molecule has 0 saturated heterocycles. The summed E-state index contributed by atoms with van der Waals surface area (Å²) in [7, 11) is 0. The molecule has 0 unspecified atom stereocenters. The van der Waals surface area contributed by atoms with Gasteiger partial charge in [-0.25, -0.2) is 0 Å². The largest absolute Gasteiger partial charge is 0.346 e. The van der Waals surface area contributed by atoms with Crippen LogP contribution in [0.15, 0.2) is 36.4 Å². The lowest BCUT2D eigenvalue weighted by Crippen LogP contribution is -2.48. The van der Waals surface area contributed by atoms with Gasteiger partial charge in [-0.05, 0) is 47.6 Å². The normalized spacial score (nSPS) is 31.4. The molecule has 3 heteroatoms. The van der Waals surface area contributed by atoms with E-state index in [4.69, 9.17) is 0 Å². The first-order valence-electron chi connectivity index (χ1n) is 8.42. The van der Waals surface area contributed by atoms with E-state index < -0.39 is 11.7 Å². The summed E-state index contributed by atoms with van der Waals surface area (Å²) in [4.78, 5) is 24.3. The molecule has 0 heterocycles. The maximum absolute atomic E-state index is 12.2. The lowest BCUT2D eigenvalue weighted by Gasteiger charge is -2.39. The van der Waals surface area contributed by atoms with Crippen molar-refractivity contribution >= 4 is 17.8 Å². The van der Waals surface area contributed by atoms with Crippen LogP contribution in [0.25, 0.3) is 6.08 Å². The Morgan fingerprint density at radius 1 is 1.17 bits per heavy atom. The molecule has 1 N–H and O–H groups in total. The number of hydrogen-bond donors (Lipinski definition) is 1. The summed E-state index contributed by atoms with van der Waals surface area (Å²) < 4.78 is 0. The summed E-state index contributed by atoms with van der Waals surface area (Å²) in [5, 5.41) is 3.00. The van der Waals surface area contributed by atoms with Gasteiger partial charge in [0.15, 0.2) is 0 Å². The topological polar surface area (TPSA) is 46.2 Å². The molecule has 2 bridgehead atoms. The number of hydrogen-bond acceptors (Lipinski definition) is 2. The fourth-order valence-electron chi connectivity index (χ4n) is 4.46. The minimum Gasteiger partial charge on any atom is -0.346 e. The van der Waals surface area contributed by atoms with Crippen molar-refractivity contribution in [2.75, 3.05) is 0 Å². The van der Waals surface area contributed by atoms with Crippen LogP contribution in [0.4, 0.5) is 0 Å². The first-order chi connectivity index (χ1) is 10.8. The highest BCUT2D eigenvalue weighted by Gasteiger charge is 2.61. The quantitative estimate of drug-likeness (QED) is 0.682. The summed E-state index contributed by atoms with van der Waals surface area (Å²) in [5.41, 5.74) is 1.24. The van der Waals surface area contributed by atoms with Crippen LogP contribution in [0.2, 0.25) is 0 Å². The Morgan fingerprint density at radius 3 is 2.43 bits per heavy atom. The second-order valence-electron chi connectivity index (χ2n) is 7.74. The van der Waals surface area contributed by atoms with E-state index in [9.17, 15) is 9.59 Å². The summed E-state index contributed by atoms with van der Waals surface area (Å²) in [5.74, 6) is -0.308. The van der Waals surface area contributed by atoms with Crippen molar-refractivity contribution in [1.82, 2.24) is 5.32 Å². The molecule has 1 amide bonds. The molecule has 122 valence electrons. The second kappa shape index (κ2) is 5.63. The molecular weight excluding hydrogens is 286 g/mol. The van der Waals surface area contributed by atoms with Gasteiger partial charge in [-0.1, -0.05) is 57.2 Å². The average molecular weight is 311 g/mol. The SMILES string of the molecule is CC1(C)[C@@H]2CC[C@@]1(C)[C@@H](NC(=O)C(=O)/C=C/c1ccccc1)C2. The van der Waals surface area contributed by atoms with Crippen molar-refractivity contribution in [2.45, 2.75) is 46.1 Å². The molecule has 2 aliphatic rings. The zero-order valence-corrected chi connectivity index (χ0v) is 14.1. The molecule has 23 heavy (non-hydrogen) atoms. The van der Waals surface area contributed by atoms with Gasteiger partial charge in [0.1, 0.15) is 0 Å². The van der Waals surface area contributed by atoms with Gasteiger partial charge < -0.3 is 5.32 Å². The van der Waals surface area contributed by atoms with Crippen molar-refractivity contribution in [1.29, 1.82) is 0 Å². The Morgan fingerprint density at radius 2 is 1.87 bits per heavy atom. The van der Waals surface area contributed by atoms with Crippen LogP contribution in [0, 0.1) is 16.7 Å². The molecule has 2 aliphatic carbocycles. The van der Waals surface area contributed by atoms with Crippen LogP contribution in [0.5, 0.6) is 0 Å². The Kier molecular flexibility index (Phi) is 3.91. The Hall–Kier alpha value is -1.90. The maximum Gasteiger partial charge on any atom is 0.291 e. The summed E-state index contributed by atoms with van der Waals surface area (Å²) in [6, 6.07) is 9.65. The molecule has 2 saturated carbocycles. The molecule has 3 atom stereocenters. The van der Waals surface area contributed by atoms with Crippen LogP contribution < -0.4 is 5.32 Å². The van der Waals surface area contributed by atoms with E-state index in [1.165, 1.54) is 12.5 Å². The van der Waals surface area contributed by atoms with E-state index in [0.717, 1.165) is 18.4 Å². The predicted octanol–water partition coefficient (Wildman–Crippen LogP) is 3.60. The number of benzene rings is 1. The molecule has 0 spiro atoms. The van der Waals surface area contributed by atoms with Crippen molar-refractivity contribution in [3.63, 3.8) is 0 Å². The monoisotopic (exact) mass is 311 g/mol. The fourth-order valence-corrected chi connectivity index (χ4v) is 4.46. The number of carbonyl (C=O) groups excluding carboxylic acids is 2. The highest BCUT2D eigenvalue weighted by molar-refractivity contribution is 6.41. The zero-order valence-electron chi connectivity index (χ0n) is 14.1. The van der Waals surface area contributed by atoms with E-state index in [-0.39, 0.29) is 16.9 Å². The molecule has 0 aromatic heterocycles. The minimum absolute atomic E-state index is 0.0940. The van der Waals surface area contributed by atoms with E-state index in [1.54, 1.807) is 6.08 Å². The Labute approximate surface area is 138 Å². The van der Waals surface area contributed by atoms with Crippen LogP contribution in [0.3, 0.4) is 0 Å². The Bertz CT molecular complexity index is 647. The molecule has 1 aromatic carbocycles. The Balaban J connectivity index is 1.64. The average Bonchev–Trinajstić information content (AvgIpc) is 2.87. The molecule has 0 radical (unpaired) electrons. The van der Waals surface area contributed by atoms with E-state index in [1.807, 2.05) is 30.3 Å². The zero-order chi connectivity index (χ0) is 16.7. The third-order valence-electron chi connectivity index (χ3n) is 6.55. The van der Waals surface area contributed by atoms with Gasteiger partial charge >= 0.3 is 0 Å². The van der Waals surface area contributed by atoms with Crippen LogP contribution in [0.1, 0.15) is 45.6 Å². The second-order valence-corrected chi connectivity index (χ2v) is 7.74. The molecular formula is C20H25NO2. The molecule has 3 rings (SSSR count). The van der Waals surface area contributed by atoms with E-state index in [0.29, 0.717) is 5.92 Å². The number of nitrogens with one attached hydrogen (secondary N) is 1. The highest BCUT2D eigenvalue weighted by Crippen LogP contribution is 2.65. The summed E-state index contributed by atoms with van der Waals surface area (Å²) in [6.45, 7) is 6.86. The number of fused-ring (bicyclic) bond motifs is 2. The lowest BCUT2D eigenvalue weighted by atomic mass is 9.69. The van der Waals surface area contributed by atoms with E-state index in [2.05, 4.69) is 26.1 Å². The molecule has 3 nitrogen and oxygen atoms in total. The van der Waals surface area contributed by atoms with Crippen molar-refractivity contribution in [2.24, 2.45) is 16.7 Å². The van der Waals surface area contributed by atoms with Crippen LogP contribution >= 0.6 is 0 Å². The van der Waals surface area contributed by atoms with Crippen LogP contribution in [-0.4, -0.2) is 17.7 Å². The van der Waals surface area contributed by atoms with Gasteiger partial charge in [-0.2, -0.15) is 0 Å². The summed E-state index contributed by atoms with van der Waals surface area (Å²) >= 11 is 0. The van der Waals surface area contributed by atoms with Crippen molar-refractivity contribution < 1.29 is 9.59 Å². The lowest BCUT2D eigenvalue weighted by molar-refractivity contribution is -0.136. The maximum atomic E-state index is 12.2. The third-order valence-corrected chi connectivity index (χ3v) is 6.55. The molecule has 0 aliphatic heterocycles. The van der Waals surface area contributed by atoms with Gasteiger partial charge in [-0.15, -0.1) is 0 Å². The van der Waals surface area contributed by atoms with Gasteiger partial charge in [0.25, 0.3) is 5.91 Å². The van der Waals surface area contributed by atoms with Gasteiger partial charge in [0.05, 0.1) is 0 Å². The van der Waals surface area contributed by atoms with Crippen molar-refractivity contribution in [3.05, 3.63) is 42.0 Å². The minimum atomic E-state index is -0.480. The third kappa shape index (κ3) is 2.62. The van der Waals surface area contributed by atoms with Gasteiger partial charge in [-0.3, -0.25) is 9.59 Å². The number of rotatable bonds is 4. The van der Waals surface area contributed by atoms with Crippen LogP contribution in [-0.2, 0) is 9.59 Å². The summed E-state index contributed by atoms with van der Waals surface area (Å²) in [6.07, 6.45) is 6.41. The standard InChI is InChI=1S/C20H25NO2/c1-19(2)15-11-12-20(19,3)17(13-15)21-18(23)16(22)10-9-14-7-5-4-6-8-14/h4-10,15,17H,11-13H2,1-3H3,(H,21,23)/b10-9+/t15-,17+,20+/m1/s1. The molecule has 1 aromatic rings. The van der Waals surface area contributed by atoms with E-state index >= 15 is 0 Å². The van der Waals surface area contributed by atoms with Gasteiger partial charge in [0.2, 0.25) is 5.78 Å². The predicted molar refractivity (Wildman–Crippen MR) is 91.6 cm³/mol. The smallest absolute Gasteiger partial charge is 0.291 e. The highest BCUT2D eigenvalue weighted by atomic mass is 16.2. The number of carbonyl (C=O) groups is 2.